The van der Waals surface area contributed by atoms with Gasteiger partial charge in [-0.3, -0.25) is 9.32 Å². The molecule has 1 atom stereocenters. The number of phosphoric ester groups is 1. The van der Waals surface area contributed by atoms with Gasteiger partial charge in [0.15, 0.2) is 0 Å². The second-order valence-corrected chi connectivity index (χ2v) is 8.82. The van der Waals surface area contributed by atoms with Crippen molar-refractivity contribution in [3.05, 3.63) is 29.3 Å². The highest BCUT2D eigenvalue weighted by Gasteiger charge is 2.33. The van der Waals surface area contributed by atoms with E-state index in [-0.39, 0.29) is 12.5 Å². The Bertz CT molecular complexity index is 691. The number of unbranched alkanes of at least 4 members (excludes halogenated alkanes) is 5. The Balaban J connectivity index is 1.80. The first-order chi connectivity index (χ1) is 13.3. The average Bonchev–Trinajstić information content (AvgIpc) is 2.97. The molecule has 0 aromatic heterocycles. The molecule has 1 aromatic rings. The third kappa shape index (κ3) is 7.55. The minimum atomic E-state index is -4.55. The zero-order valence-corrected chi connectivity index (χ0v) is 17.6. The number of rotatable bonds is 12. The molecule has 1 heterocycles. The van der Waals surface area contributed by atoms with Crippen LogP contribution in [0.25, 0.3) is 0 Å². The Kier molecular flexibility index (Phi) is 8.96. The number of hydrogen-bond donors (Lipinski definition) is 3. The van der Waals surface area contributed by atoms with Crippen molar-refractivity contribution < 1.29 is 23.7 Å². The molecule has 158 valence electrons. The number of hydrogen-bond acceptors (Lipinski definition) is 4. The van der Waals surface area contributed by atoms with Crippen LogP contribution >= 0.6 is 7.82 Å². The molecule has 8 heteroatoms. The van der Waals surface area contributed by atoms with Gasteiger partial charge in [0, 0.05) is 18.8 Å². The number of carbonyl (C=O) groups is 1. The van der Waals surface area contributed by atoms with Crippen LogP contribution in [-0.4, -0.2) is 33.7 Å². The van der Waals surface area contributed by atoms with Gasteiger partial charge in [-0.25, -0.2) is 4.57 Å². The Hall–Kier alpha value is -1.40. The number of nitrogens with two attached hydrogens (primary N) is 1. The molecule has 1 aliphatic heterocycles. The second-order valence-electron chi connectivity index (χ2n) is 7.58. The van der Waals surface area contributed by atoms with E-state index in [9.17, 15) is 9.36 Å². The number of phosphoric acid groups is 1. The molecule has 0 bridgehead atoms. The predicted molar refractivity (Wildman–Crippen MR) is 109 cm³/mol. The lowest BCUT2D eigenvalue weighted by molar-refractivity contribution is -0.132. The molecular formula is C20H33N2O5P. The molecule has 28 heavy (non-hydrogen) atoms. The Labute approximate surface area is 167 Å². The number of likely N-dealkylation sites (tertiary alicyclic amines) is 1. The fourth-order valence-corrected chi connectivity index (χ4v) is 3.96. The largest absolute Gasteiger partial charge is 0.469 e. The number of aryl methyl sites for hydroxylation is 1. The number of carbonyl (C=O) groups excluding carboxylic acids is 1. The monoisotopic (exact) mass is 412 g/mol. The minimum absolute atomic E-state index is 0.136. The molecule has 1 aromatic carbocycles. The van der Waals surface area contributed by atoms with Gasteiger partial charge in [-0.05, 0) is 36.5 Å². The maximum absolute atomic E-state index is 12.4. The number of nitrogens with zero attached hydrogens (tertiary/aromatic N) is 1. The van der Waals surface area contributed by atoms with Gasteiger partial charge < -0.3 is 20.4 Å². The maximum Gasteiger partial charge on any atom is 0.469 e. The highest BCUT2D eigenvalue weighted by atomic mass is 31.2. The standard InChI is InChI=1S/C20H33N2O5P/c1-2-3-4-5-6-7-8-17-10-9-16(13-19(17)21)14-22-12-11-18(20(22)23)15-27-28(24,25)26/h9-10,13,18H,2-8,11-12,14-15,21H2,1H3,(H2,24,25,26). The van der Waals surface area contributed by atoms with E-state index >= 15 is 0 Å². The highest BCUT2D eigenvalue weighted by molar-refractivity contribution is 7.46. The molecular weight excluding hydrogens is 379 g/mol. The zero-order valence-electron chi connectivity index (χ0n) is 16.7. The lowest BCUT2D eigenvalue weighted by atomic mass is 10.0. The smallest absolute Gasteiger partial charge is 0.398 e. The fourth-order valence-electron chi connectivity index (χ4n) is 3.59. The van der Waals surface area contributed by atoms with E-state index in [1.165, 1.54) is 32.1 Å². The number of benzene rings is 1. The summed E-state index contributed by atoms with van der Waals surface area (Å²) >= 11 is 0. The third-order valence-electron chi connectivity index (χ3n) is 5.24. The third-order valence-corrected chi connectivity index (χ3v) is 5.72. The predicted octanol–water partition coefficient (Wildman–Crippen LogP) is 3.63. The van der Waals surface area contributed by atoms with Gasteiger partial charge in [0.2, 0.25) is 5.91 Å². The summed E-state index contributed by atoms with van der Waals surface area (Å²) in [4.78, 5) is 31.7. The SMILES string of the molecule is CCCCCCCCc1ccc(CN2CCC(COP(=O)(O)O)C2=O)cc1N. The van der Waals surface area contributed by atoms with Crippen molar-refractivity contribution in [1.82, 2.24) is 4.90 Å². The molecule has 1 amide bonds. The first-order valence-electron chi connectivity index (χ1n) is 10.2. The Morgan fingerprint density at radius 3 is 2.61 bits per heavy atom. The number of nitrogen functional groups attached to an aromatic ring is 1. The second kappa shape index (κ2) is 11.0. The van der Waals surface area contributed by atoms with Crippen molar-refractivity contribution in [3.63, 3.8) is 0 Å². The molecule has 0 radical (unpaired) electrons. The fraction of sp³-hybridized carbons (Fsp3) is 0.650. The highest BCUT2D eigenvalue weighted by Crippen LogP contribution is 2.37. The summed E-state index contributed by atoms with van der Waals surface area (Å²) in [6.07, 6.45) is 9.00. The summed E-state index contributed by atoms with van der Waals surface area (Å²) in [6.45, 7) is 2.97. The normalized spacial score (nSPS) is 17.5. The van der Waals surface area contributed by atoms with E-state index in [0.717, 1.165) is 29.7 Å². The van der Waals surface area contributed by atoms with Gasteiger partial charge in [-0.15, -0.1) is 0 Å². The van der Waals surface area contributed by atoms with E-state index in [1.54, 1.807) is 4.90 Å². The van der Waals surface area contributed by atoms with Crippen molar-refractivity contribution in [2.75, 3.05) is 18.9 Å². The van der Waals surface area contributed by atoms with Crippen molar-refractivity contribution in [1.29, 1.82) is 0 Å². The van der Waals surface area contributed by atoms with Crippen LogP contribution in [0.3, 0.4) is 0 Å². The molecule has 0 spiro atoms. The molecule has 1 fully saturated rings. The van der Waals surface area contributed by atoms with Gasteiger partial charge in [-0.1, -0.05) is 51.2 Å². The van der Waals surface area contributed by atoms with Crippen molar-refractivity contribution in [3.8, 4) is 0 Å². The van der Waals surface area contributed by atoms with Crippen LogP contribution in [0.2, 0.25) is 0 Å². The van der Waals surface area contributed by atoms with Crippen LogP contribution < -0.4 is 5.73 Å². The van der Waals surface area contributed by atoms with Gasteiger partial charge in [0.25, 0.3) is 0 Å². The van der Waals surface area contributed by atoms with E-state index in [2.05, 4.69) is 11.4 Å². The van der Waals surface area contributed by atoms with Gasteiger partial charge >= 0.3 is 7.82 Å². The minimum Gasteiger partial charge on any atom is -0.398 e. The summed E-state index contributed by atoms with van der Waals surface area (Å²) in [5.41, 5.74) is 9.09. The molecule has 7 nitrogen and oxygen atoms in total. The molecule has 1 unspecified atom stereocenters. The van der Waals surface area contributed by atoms with Gasteiger partial charge in [0.1, 0.15) is 0 Å². The zero-order chi connectivity index (χ0) is 20.6. The van der Waals surface area contributed by atoms with Crippen molar-refractivity contribution in [2.45, 2.75) is 64.8 Å². The Morgan fingerprint density at radius 1 is 1.21 bits per heavy atom. The van der Waals surface area contributed by atoms with Crippen LogP contribution in [0.4, 0.5) is 5.69 Å². The summed E-state index contributed by atoms with van der Waals surface area (Å²) < 4.78 is 15.3. The first kappa shape index (κ1) is 22.9. The molecule has 0 saturated carbocycles. The van der Waals surface area contributed by atoms with Gasteiger partial charge in [-0.2, -0.15) is 0 Å². The van der Waals surface area contributed by atoms with Crippen LogP contribution in [0.15, 0.2) is 18.2 Å². The lowest BCUT2D eigenvalue weighted by Gasteiger charge is -2.18. The topological polar surface area (TPSA) is 113 Å². The number of anilines is 1. The first-order valence-corrected chi connectivity index (χ1v) is 11.7. The van der Waals surface area contributed by atoms with E-state index in [4.69, 9.17) is 15.5 Å². The summed E-state index contributed by atoms with van der Waals surface area (Å²) in [5.74, 6) is -0.639. The lowest BCUT2D eigenvalue weighted by Crippen LogP contribution is -2.28. The van der Waals surface area contributed by atoms with Gasteiger partial charge in [0.05, 0.1) is 12.5 Å². The van der Waals surface area contributed by atoms with E-state index in [1.807, 2.05) is 18.2 Å². The quantitative estimate of drug-likeness (QED) is 0.274. The van der Waals surface area contributed by atoms with E-state index in [0.29, 0.717) is 19.5 Å². The van der Waals surface area contributed by atoms with Crippen molar-refractivity contribution >= 4 is 19.4 Å². The Morgan fingerprint density at radius 2 is 1.93 bits per heavy atom. The number of amides is 1. The molecule has 2 rings (SSSR count). The molecule has 1 aliphatic rings. The average molecular weight is 412 g/mol. The summed E-state index contributed by atoms with van der Waals surface area (Å²) in [6, 6.07) is 5.99. The van der Waals surface area contributed by atoms with Crippen LogP contribution in [0, 0.1) is 5.92 Å². The summed E-state index contributed by atoms with van der Waals surface area (Å²) in [7, 11) is -4.55. The van der Waals surface area contributed by atoms with Crippen LogP contribution in [0.5, 0.6) is 0 Å². The van der Waals surface area contributed by atoms with Crippen LogP contribution in [0.1, 0.15) is 63.0 Å². The van der Waals surface area contributed by atoms with Crippen LogP contribution in [-0.2, 0) is 26.8 Å². The summed E-state index contributed by atoms with van der Waals surface area (Å²) in [5, 5.41) is 0. The molecule has 4 N–H and O–H groups in total. The molecule has 1 saturated heterocycles. The molecule has 0 aliphatic carbocycles. The van der Waals surface area contributed by atoms with Crippen molar-refractivity contribution in [2.24, 2.45) is 5.92 Å². The van der Waals surface area contributed by atoms with E-state index < -0.39 is 13.7 Å². The maximum atomic E-state index is 12.4.